The Bertz CT molecular complexity index is 834. The monoisotopic (exact) mass is 356 g/mol. The summed E-state index contributed by atoms with van der Waals surface area (Å²) >= 11 is 0. The zero-order chi connectivity index (χ0) is 19.8. The highest BCUT2D eigenvalue weighted by Crippen LogP contribution is 2.44. The molecule has 0 aliphatic carbocycles. The summed E-state index contributed by atoms with van der Waals surface area (Å²) < 4.78 is 6.16. The zero-order valence-electron chi connectivity index (χ0n) is 16.6. The van der Waals surface area contributed by atoms with Crippen LogP contribution in [0.4, 0.5) is 11.4 Å². The number of ether oxygens (including phenoxy) is 1. The molecule has 26 heavy (non-hydrogen) atoms. The molecule has 5 nitrogen and oxygen atoms in total. The average molecular weight is 356 g/mol. The first-order valence-corrected chi connectivity index (χ1v) is 8.75. The van der Waals surface area contributed by atoms with Gasteiger partial charge in [0.25, 0.3) is 5.69 Å². The molecule has 5 heteroatoms. The smallest absolute Gasteiger partial charge is 0.295 e. The quantitative estimate of drug-likeness (QED) is 0.436. The number of nitrogen functional groups attached to an aromatic ring is 1. The van der Waals surface area contributed by atoms with Gasteiger partial charge in [-0.1, -0.05) is 29.8 Å². The lowest BCUT2D eigenvalue weighted by Gasteiger charge is -2.29. The summed E-state index contributed by atoms with van der Waals surface area (Å²) in [7, 11) is 0. The number of anilines is 1. The maximum atomic E-state index is 11.6. The minimum absolute atomic E-state index is 0.0299. The van der Waals surface area contributed by atoms with Crippen LogP contribution in [0.25, 0.3) is 11.1 Å². The molecule has 2 aromatic carbocycles. The van der Waals surface area contributed by atoms with E-state index in [9.17, 15) is 10.1 Å². The molecule has 1 atom stereocenters. The van der Waals surface area contributed by atoms with E-state index < -0.39 is 4.92 Å². The number of rotatable bonds is 4. The highest BCUT2D eigenvalue weighted by atomic mass is 16.6. The molecule has 0 aliphatic rings. The van der Waals surface area contributed by atoms with Crippen molar-refractivity contribution in [2.45, 2.75) is 60.2 Å². The zero-order valence-corrected chi connectivity index (χ0v) is 16.6. The van der Waals surface area contributed by atoms with Crippen LogP contribution < -0.4 is 5.73 Å². The van der Waals surface area contributed by atoms with Crippen LogP contribution in [0, 0.1) is 30.9 Å². The first-order chi connectivity index (χ1) is 11.9. The van der Waals surface area contributed by atoms with Gasteiger partial charge in [-0.2, -0.15) is 0 Å². The maximum absolute atomic E-state index is 11.6. The summed E-state index contributed by atoms with van der Waals surface area (Å²) in [5.74, 6) is 0. The largest absolute Gasteiger partial charge is 0.393 e. The summed E-state index contributed by atoms with van der Waals surface area (Å²) in [6.07, 6.45) is -0.315. The fraction of sp³-hybridized carbons (Fsp3) is 0.429. The van der Waals surface area contributed by atoms with E-state index in [1.807, 2.05) is 65.8 Å². The lowest BCUT2D eigenvalue weighted by molar-refractivity contribution is -0.384. The molecule has 2 aromatic rings. The van der Waals surface area contributed by atoms with Gasteiger partial charge in [0.1, 0.15) is 5.69 Å². The summed E-state index contributed by atoms with van der Waals surface area (Å²) in [4.78, 5) is 11.2. The normalized spacial score (nSPS) is 12.9. The van der Waals surface area contributed by atoms with Crippen LogP contribution in [-0.2, 0) is 4.74 Å². The van der Waals surface area contributed by atoms with Crippen LogP contribution in [0.5, 0.6) is 0 Å². The van der Waals surface area contributed by atoms with Crippen LogP contribution in [0.2, 0.25) is 0 Å². The summed E-state index contributed by atoms with van der Waals surface area (Å²) in [5.41, 5.74) is 11.1. The highest BCUT2D eigenvalue weighted by molar-refractivity contribution is 5.84. The van der Waals surface area contributed by atoms with Crippen molar-refractivity contribution < 1.29 is 9.66 Å². The second-order valence-corrected chi connectivity index (χ2v) is 7.80. The van der Waals surface area contributed by atoms with Crippen molar-refractivity contribution in [3.05, 3.63) is 56.6 Å². The van der Waals surface area contributed by atoms with Gasteiger partial charge < -0.3 is 10.5 Å². The van der Waals surface area contributed by atoms with Crippen molar-refractivity contribution in [1.82, 2.24) is 0 Å². The van der Waals surface area contributed by atoms with Crippen LogP contribution in [0.1, 0.15) is 56.1 Å². The lowest BCUT2D eigenvalue weighted by atomic mass is 9.86. The van der Waals surface area contributed by atoms with E-state index in [1.54, 1.807) is 6.92 Å². The fourth-order valence-corrected chi connectivity index (χ4v) is 3.46. The molecule has 0 aromatic heterocycles. The van der Waals surface area contributed by atoms with Crippen LogP contribution in [0.15, 0.2) is 24.3 Å². The first kappa shape index (κ1) is 19.9. The molecule has 0 fully saturated rings. The number of aryl methyl sites for hydroxylation is 1. The third kappa shape index (κ3) is 3.88. The van der Waals surface area contributed by atoms with E-state index in [1.165, 1.54) is 0 Å². The number of nitro groups is 1. The Labute approximate surface area is 155 Å². The number of benzene rings is 2. The van der Waals surface area contributed by atoms with Gasteiger partial charge in [-0.15, -0.1) is 0 Å². The Balaban J connectivity index is 2.84. The molecule has 0 heterocycles. The van der Waals surface area contributed by atoms with Crippen molar-refractivity contribution >= 4 is 11.4 Å². The number of hydrogen-bond donors (Lipinski definition) is 1. The van der Waals surface area contributed by atoms with Gasteiger partial charge in [0.05, 0.1) is 16.6 Å². The van der Waals surface area contributed by atoms with Crippen molar-refractivity contribution in [3.8, 4) is 11.1 Å². The molecular formula is C21H28N2O3. The van der Waals surface area contributed by atoms with Crippen molar-refractivity contribution in [3.63, 3.8) is 0 Å². The first-order valence-electron chi connectivity index (χ1n) is 8.75. The van der Waals surface area contributed by atoms with Gasteiger partial charge in [0, 0.05) is 5.56 Å². The Kier molecular flexibility index (Phi) is 5.42. The SMILES string of the molecule is Cc1ccc(-c2c(C)c(N)c([N+](=O)[O-])c(C)c2C(C)OC(C)(C)C)cc1. The average Bonchev–Trinajstić information content (AvgIpc) is 2.49. The van der Waals surface area contributed by atoms with Crippen LogP contribution in [0.3, 0.4) is 0 Å². The van der Waals surface area contributed by atoms with E-state index in [0.29, 0.717) is 11.1 Å². The van der Waals surface area contributed by atoms with Gasteiger partial charge >= 0.3 is 0 Å². The highest BCUT2D eigenvalue weighted by Gasteiger charge is 2.30. The maximum Gasteiger partial charge on any atom is 0.295 e. The Hall–Kier alpha value is -2.40. The number of nitrogens with zero attached hydrogens (tertiary/aromatic N) is 1. The van der Waals surface area contributed by atoms with Gasteiger partial charge in [-0.05, 0) is 70.7 Å². The number of nitro benzene ring substituents is 1. The van der Waals surface area contributed by atoms with E-state index in [-0.39, 0.29) is 23.1 Å². The lowest BCUT2D eigenvalue weighted by Crippen LogP contribution is -2.22. The number of hydrogen-bond acceptors (Lipinski definition) is 4. The minimum atomic E-state index is -0.399. The van der Waals surface area contributed by atoms with Crippen molar-refractivity contribution in [1.29, 1.82) is 0 Å². The van der Waals surface area contributed by atoms with E-state index in [0.717, 1.165) is 22.3 Å². The third-order valence-electron chi connectivity index (χ3n) is 4.52. The summed E-state index contributed by atoms with van der Waals surface area (Å²) in [6.45, 7) is 13.5. The molecule has 0 amide bonds. The van der Waals surface area contributed by atoms with E-state index in [4.69, 9.17) is 10.5 Å². The molecule has 0 radical (unpaired) electrons. The molecule has 0 saturated heterocycles. The molecule has 2 N–H and O–H groups in total. The standard InChI is InChI=1S/C21H28N2O3/c1-12-8-10-16(11-9-12)18-13(2)19(22)20(23(24)25)14(3)17(18)15(4)26-21(5,6)7/h8-11,15H,22H2,1-7H3. The van der Waals surface area contributed by atoms with E-state index >= 15 is 0 Å². The van der Waals surface area contributed by atoms with Crippen molar-refractivity contribution in [2.75, 3.05) is 5.73 Å². The number of nitrogens with two attached hydrogens (primary N) is 1. The molecule has 2 rings (SSSR count). The molecule has 140 valence electrons. The van der Waals surface area contributed by atoms with Gasteiger partial charge in [-0.25, -0.2) is 0 Å². The summed E-state index contributed by atoms with van der Waals surface area (Å²) in [6, 6.07) is 8.10. The Morgan fingerprint density at radius 3 is 2.08 bits per heavy atom. The van der Waals surface area contributed by atoms with Gasteiger partial charge in [-0.3, -0.25) is 10.1 Å². The summed E-state index contributed by atoms with van der Waals surface area (Å²) in [5, 5.41) is 11.6. The fourth-order valence-electron chi connectivity index (χ4n) is 3.46. The third-order valence-corrected chi connectivity index (χ3v) is 4.52. The Morgan fingerprint density at radius 2 is 1.62 bits per heavy atom. The molecule has 0 bridgehead atoms. The van der Waals surface area contributed by atoms with E-state index in [2.05, 4.69) is 0 Å². The van der Waals surface area contributed by atoms with Crippen LogP contribution >= 0.6 is 0 Å². The molecule has 1 unspecified atom stereocenters. The molecule has 0 aliphatic heterocycles. The van der Waals surface area contributed by atoms with Crippen LogP contribution in [-0.4, -0.2) is 10.5 Å². The topological polar surface area (TPSA) is 78.4 Å². The predicted molar refractivity (Wildman–Crippen MR) is 106 cm³/mol. The molecular weight excluding hydrogens is 328 g/mol. The second kappa shape index (κ2) is 7.08. The Morgan fingerprint density at radius 1 is 1.08 bits per heavy atom. The predicted octanol–water partition coefficient (Wildman–Crippen LogP) is 5.65. The van der Waals surface area contributed by atoms with Crippen molar-refractivity contribution in [2.24, 2.45) is 0 Å². The molecule has 0 spiro atoms. The van der Waals surface area contributed by atoms with Gasteiger partial charge in [0.15, 0.2) is 0 Å². The van der Waals surface area contributed by atoms with Gasteiger partial charge in [0.2, 0.25) is 0 Å². The second-order valence-electron chi connectivity index (χ2n) is 7.80. The molecule has 0 saturated carbocycles. The minimum Gasteiger partial charge on any atom is -0.393 e.